The normalized spacial score (nSPS) is 10.2. The highest BCUT2D eigenvalue weighted by atomic mass is 32.2. The zero-order chi connectivity index (χ0) is 15.8. The van der Waals surface area contributed by atoms with Gasteiger partial charge in [0.25, 0.3) is 5.69 Å². The molecule has 5 nitrogen and oxygen atoms in total. The number of hydrogen-bond acceptors (Lipinski definition) is 4. The van der Waals surface area contributed by atoms with Gasteiger partial charge in [-0.1, -0.05) is 36.4 Å². The second-order valence-corrected chi connectivity index (χ2v) is 5.75. The first-order valence-electron chi connectivity index (χ1n) is 6.81. The maximum absolute atomic E-state index is 11.8. The summed E-state index contributed by atoms with van der Waals surface area (Å²) in [5.41, 5.74) is 1.65. The summed E-state index contributed by atoms with van der Waals surface area (Å²) in [6.45, 7) is 0. The molecule has 22 heavy (non-hydrogen) atoms. The summed E-state index contributed by atoms with van der Waals surface area (Å²) in [7, 11) is 0. The van der Waals surface area contributed by atoms with Crippen molar-refractivity contribution in [3.63, 3.8) is 0 Å². The first-order valence-corrected chi connectivity index (χ1v) is 7.96. The fraction of sp³-hybridized carbons (Fsp3) is 0.188. The molecule has 0 saturated carbocycles. The van der Waals surface area contributed by atoms with E-state index in [1.165, 1.54) is 17.7 Å². The standard InChI is InChI=1S/C16H16N2O3S/c19-16(9-10-22-12-13-5-2-1-3-6-13)17-14-7-4-8-15(11-14)18(20)21/h1-8,11H,9-10,12H2,(H,17,19). The van der Waals surface area contributed by atoms with E-state index in [1.54, 1.807) is 23.9 Å². The quantitative estimate of drug-likeness (QED) is 0.478. The zero-order valence-electron chi connectivity index (χ0n) is 11.9. The minimum atomic E-state index is -0.481. The molecule has 0 heterocycles. The van der Waals surface area contributed by atoms with Crippen LogP contribution in [0.1, 0.15) is 12.0 Å². The van der Waals surface area contributed by atoms with E-state index < -0.39 is 4.92 Å². The summed E-state index contributed by atoms with van der Waals surface area (Å²) in [5, 5.41) is 13.4. The van der Waals surface area contributed by atoms with Crippen molar-refractivity contribution in [1.82, 2.24) is 0 Å². The van der Waals surface area contributed by atoms with Gasteiger partial charge in [-0.25, -0.2) is 0 Å². The van der Waals surface area contributed by atoms with E-state index >= 15 is 0 Å². The molecule has 0 atom stereocenters. The Balaban J connectivity index is 1.74. The van der Waals surface area contributed by atoms with E-state index in [0.717, 1.165) is 5.75 Å². The van der Waals surface area contributed by atoms with E-state index in [1.807, 2.05) is 18.2 Å². The summed E-state index contributed by atoms with van der Waals surface area (Å²) >= 11 is 1.68. The van der Waals surface area contributed by atoms with E-state index in [-0.39, 0.29) is 11.6 Å². The molecule has 2 aromatic rings. The molecule has 0 unspecified atom stereocenters. The molecular weight excluding hydrogens is 300 g/mol. The number of anilines is 1. The highest BCUT2D eigenvalue weighted by Crippen LogP contribution is 2.18. The molecule has 1 N–H and O–H groups in total. The highest BCUT2D eigenvalue weighted by molar-refractivity contribution is 7.98. The van der Waals surface area contributed by atoms with Crippen LogP contribution in [0.15, 0.2) is 54.6 Å². The Morgan fingerprint density at radius 2 is 1.91 bits per heavy atom. The first-order chi connectivity index (χ1) is 10.6. The third-order valence-electron chi connectivity index (χ3n) is 2.93. The number of amides is 1. The molecule has 0 saturated heterocycles. The second kappa shape index (κ2) is 8.19. The van der Waals surface area contributed by atoms with E-state index in [0.29, 0.717) is 17.9 Å². The average molecular weight is 316 g/mol. The Bertz CT molecular complexity index is 647. The maximum atomic E-state index is 11.8. The van der Waals surface area contributed by atoms with E-state index in [2.05, 4.69) is 17.4 Å². The number of nitrogens with one attached hydrogen (secondary N) is 1. The van der Waals surface area contributed by atoms with Crippen LogP contribution in [0.4, 0.5) is 11.4 Å². The highest BCUT2D eigenvalue weighted by Gasteiger charge is 2.08. The number of thioether (sulfide) groups is 1. The van der Waals surface area contributed by atoms with Crippen molar-refractivity contribution in [2.45, 2.75) is 12.2 Å². The Morgan fingerprint density at radius 3 is 2.64 bits per heavy atom. The summed E-state index contributed by atoms with van der Waals surface area (Å²) in [6.07, 6.45) is 0.375. The van der Waals surface area contributed by atoms with Crippen LogP contribution in [-0.2, 0) is 10.5 Å². The molecule has 0 bridgehead atoms. The lowest BCUT2D eigenvalue weighted by molar-refractivity contribution is -0.384. The summed E-state index contributed by atoms with van der Waals surface area (Å²) in [4.78, 5) is 22.0. The van der Waals surface area contributed by atoms with Gasteiger partial charge in [0.1, 0.15) is 0 Å². The molecule has 0 aliphatic heterocycles. The third-order valence-corrected chi connectivity index (χ3v) is 3.96. The Morgan fingerprint density at radius 1 is 1.14 bits per heavy atom. The van der Waals surface area contributed by atoms with Crippen molar-refractivity contribution >= 4 is 29.0 Å². The van der Waals surface area contributed by atoms with Crippen molar-refractivity contribution in [3.8, 4) is 0 Å². The van der Waals surface area contributed by atoms with Gasteiger partial charge in [0.05, 0.1) is 4.92 Å². The summed E-state index contributed by atoms with van der Waals surface area (Å²) in [5.74, 6) is 1.43. The summed E-state index contributed by atoms with van der Waals surface area (Å²) in [6, 6.07) is 16.0. The lowest BCUT2D eigenvalue weighted by Gasteiger charge is -2.05. The fourth-order valence-electron chi connectivity index (χ4n) is 1.85. The lowest BCUT2D eigenvalue weighted by atomic mass is 10.2. The topological polar surface area (TPSA) is 72.2 Å². The largest absolute Gasteiger partial charge is 0.326 e. The number of non-ortho nitro benzene ring substituents is 1. The molecule has 0 spiro atoms. The van der Waals surface area contributed by atoms with Crippen molar-refractivity contribution in [2.24, 2.45) is 0 Å². The number of benzene rings is 2. The van der Waals surface area contributed by atoms with Gasteiger partial charge >= 0.3 is 0 Å². The van der Waals surface area contributed by atoms with Crippen LogP contribution in [0.2, 0.25) is 0 Å². The monoisotopic (exact) mass is 316 g/mol. The molecule has 1 amide bonds. The van der Waals surface area contributed by atoms with Crippen molar-refractivity contribution in [2.75, 3.05) is 11.1 Å². The molecule has 114 valence electrons. The number of hydrogen-bond donors (Lipinski definition) is 1. The maximum Gasteiger partial charge on any atom is 0.271 e. The van der Waals surface area contributed by atoms with Crippen LogP contribution in [0.3, 0.4) is 0 Å². The molecule has 0 radical (unpaired) electrons. The molecule has 0 aromatic heterocycles. The van der Waals surface area contributed by atoms with Crippen molar-refractivity contribution < 1.29 is 9.72 Å². The second-order valence-electron chi connectivity index (χ2n) is 4.64. The molecule has 2 rings (SSSR count). The lowest BCUT2D eigenvalue weighted by Crippen LogP contribution is -2.12. The third kappa shape index (κ3) is 5.21. The van der Waals surface area contributed by atoms with Crippen LogP contribution in [0.5, 0.6) is 0 Å². The van der Waals surface area contributed by atoms with Gasteiger partial charge in [-0.2, -0.15) is 11.8 Å². The minimum absolute atomic E-state index is 0.0312. The van der Waals surface area contributed by atoms with Gasteiger partial charge in [-0.3, -0.25) is 14.9 Å². The zero-order valence-corrected chi connectivity index (χ0v) is 12.7. The number of carbonyl (C=O) groups excluding carboxylic acids is 1. The van der Waals surface area contributed by atoms with Crippen LogP contribution in [0.25, 0.3) is 0 Å². The van der Waals surface area contributed by atoms with Crippen LogP contribution < -0.4 is 5.32 Å². The summed E-state index contributed by atoms with van der Waals surface area (Å²) < 4.78 is 0. The van der Waals surface area contributed by atoms with Crippen LogP contribution in [0, 0.1) is 10.1 Å². The van der Waals surface area contributed by atoms with Gasteiger partial charge in [0, 0.05) is 35.7 Å². The number of nitro groups is 1. The van der Waals surface area contributed by atoms with Crippen LogP contribution >= 0.6 is 11.8 Å². The van der Waals surface area contributed by atoms with Crippen molar-refractivity contribution in [1.29, 1.82) is 0 Å². The van der Waals surface area contributed by atoms with Gasteiger partial charge < -0.3 is 5.32 Å². The predicted molar refractivity (Wildman–Crippen MR) is 88.9 cm³/mol. The Kier molecular flexibility index (Phi) is 5.97. The number of carbonyl (C=O) groups is 1. The first kappa shape index (κ1) is 16.0. The van der Waals surface area contributed by atoms with E-state index in [9.17, 15) is 14.9 Å². The molecular formula is C16H16N2O3S. The number of rotatable bonds is 7. The van der Waals surface area contributed by atoms with Crippen molar-refractivity contribution in [3.05, 3.63) is 70.3 Å². The molecule has 0 fully saturated rings. The predicted octanol–water partition coefficient (Wildman–Crippen LogP) is 3.86. The fourth-order valence-corrected chi connectivity index (χ4v) is 2.75. The SMILES string of the molecule is O=C(CCSCc1ccccc1)Nc1cccc([N+](=O)[O-])c1. The van der Waals surface area contributed by atoms with E-state index in [4.69, 9.17) is 0 Å². The van der Waals surface area contributed by atoms with Crippen LogP contribution in [-0.4, -0.2) is 16.6 Å². The van der Waals surface area contributed by atoms with Gasteiger partial charge in [0.2, 0.25) is 5.91 Å². The van der Waals surface area contributed by atoms with Gasteiger partial charge in [0.15, 0.2) is 0 Å². The average Bonchev–Trinajstić information content (AvgIpc) is 2.53. The van der Waals surface area contributed by atoms with Gasteiger partial charge in [-0.05, 0) is 11.6 Å². The molecule has 2 aromatic carbocycles. The minimum Gasteiger partial charge on any atom is -0.326 e. The number of nitro benzene ring substituents is 1. The molecule has 6 heteroatoms. The Labute approximate surface area is 132 Å². The molecule has 0 aliphatic carbocycles. The van der Waals surface area contributed by atoms with Gasteiger partial charge in [-0.15, -0.1) is 0 Å². The Hall–Kier alpha value is -2.34. The number of nitrogens with zero attached hydrogens (tertiary/aromatic N) is 1. The molecule has 0 aliphatic rings. The smallest absolute Gasteiger partial charge is 0.271 e.